The van der Waals surface area contributed by atoms with Gasteiger partial charge in [-0.3, -0.25) is 10.1 Å². The smallest absolute Gasteiger partial charge is 0.311 e. The Bertz CT molecular complexity index is 549. The molecule has 2 rings (SSSR count). The Balaban J connectivity index is 2.24. The first-order valence-electron chi connectivity index (χ1n) is 6.57. The maximum atomic E-state index is 11.0. The van der Waals surface area contributed by atoms with E-state index >= 15 is 0 Å². The normalized spacial score (nSPS) is 31.8. The lowest BCUT2D eigenvalue weighted by atomic mass is 9.99. The van der Waals surface area contributed by atoms with Gasteiger partial charge in [-0.05, 0) is 18.6 Å². The molecule has 1 fully saturated rings. The number of nitro benzene ring substituents is 1. The van der Waals surface area contributed by atoms with Crippen LogP contribution in [0.15, 0.2) is 18.2 Å². The van der Waals surface area contributed by atoms with E-state index in [1.165, 1.54) is 12.1 Å². The molecule has 0 amide bonds. The molecular weight excluding hydrogens is 298 g/mol. The van der Waals surface area contributed by atoms with E-state index in [-0.39, 0.29) is 11.4 Å². The summed E-state index contributed by atoms with van der Waals surface area (Å²) in [4.78, 5) is 10.4. The molecule has 1 saturated heterocycles. The average Bonchev–Trinajstić information content (AvgIpc) is 2.49. The van der Waals surface area contributed by atoms with E-state index in [0.29, 0.717) is 5.56 Å². The number of aryl methyl sites for hydroxylation is 1. The summed E-state index contributed by atoms with van der Waals surface area (Å²) in [6.07, 6.45) is -7.36. The molecule has 0 saturated carbocycles. The van der Waals surface area contributed by atoms with Crippen molar-refractivity contribution in [3.63, 3.8) is 0 Å². The summed E-state index contributed by atoms with van der Waals surface area (Å²) in [5, 5.41) is 49.3. The molecule has 0 aromatic heterocycles. The zero-order chi connectivity index (χ0) is 16.4. The first kappa shape index (κ1) is 16.6. The minimum Gasteiger partial charge on any atom is -0.455 e. The van der Waals surface area contributed by atoms with Crippen molar-refractivity contribution in [3.8, 4) is 5.75 Å². The maximum Gasteiger partial charge on any atom is 0.311 e. The highest BCUT2D eigenvalue weighted by atomic mass is 16.7. The summed E-state index contributed by atoms with van der Waals surface area (Å²) in [6.45, 7) is 1.06. The van der Waals surface area contributed by atoms with Crippen LogP contribution >= 0.6 is 0 Å². The molecule has 22 heavy (non-hydrogen) atoms. The first-order chi connectivity index (χ1) is 10.3. The molecule has 0 spiro atoms. The van der Waals surface area contributed by atoms with Crippen molar-refractivity contribution in [2.45, 2.75) is 37.6 Å². The minimum atomic E-state index is -1.63. The lowest BCUT2D eigenvalue weighted by Gasteiger charge is -2.39. The maximum absolute atomic E-state index is 11.0. The van der Waals surface area contributed by atoms with Crippen molar-refractivity contribution in [1.29, 1.82) is 0 Å². The average molecular weight is 315 g/mol. The van der Waals surface area contributed by atoms with Gasteiger partial charge in [0, 0.05) is 6.07 Å². The Morgan fingerprint density at radius 3 is 2.55 bits per heavy atom. The van der Waals surface area contributed by atoms with E-state index < -0.39 is 42.2 Å². The summed E-state index contributed by atoms with van der Waals surface area (Å²) >= 11 is 0. The Morgan fingerprint density at radius 1 is 1.27 bits per heavy atom. The highest BCUT2D eigenvalue weighted by Gasteiger charge is 2.45. The van der Waals surface area contributed by atoms with Crippen LogP contribution in [-0.4, -0.2) is 62.7 Å². The molecule has 1 aromatic carbocycles. The largest absolute Gasteiger partial charge is 0.455 e. The van der Waals surface area contributed by atoms with Crippen molar-refractivity contribution in [3.05, 3.63) is 33.9 Å². The van der Waals surface area contributed by atoms with Gasteiger partial charge in [0.25, 0.3) is 0 Å². The fourth-order valence-corrected chi connectivity index (χ4v) is 2.16. The van der Waals surface area contributed by atoms with Gasteiger partial charge in [-0.1, -0.05) is 6.07 Å². The van der Waals surface area contributed by atoms with Gasteiger partial charge >= 0.3 is 5.69 Å². The summed E-state index contributed by atoms with van der Waals surface area (Å²) in [7, 11) is 0. The van der Waals surface area contributed by atoms with Gasteiger partial charge < -0.3 is 29.9 Å². The predicted octanol–water partition coefficient (Wildman–Crippen LogP) is -0.918. The molecule has 1 aromatic rings. The molecule has 9 nitrogen and oxygen atoms in total. The van der Waals surface area contributed by atoms with Crippen LogP contribution in [0.1, 0.15) is 5.56 Å². The van der Waals surface area contributed by atoms with Gasteiger partial charge in [-0.2, -0.15) is 0 Å². The van der Waals surface area contributed by atoms with Crippen LogP contribution in [0.25, 0.3) is 0 Å². The molecule has 1 aliphatic rings. The summed E-state index contributed by atoms with van der Waals surface area (Å²) in [6, 6.07) is 4.21. The molecule has 5 atom stereocenters. The van der Waals surface area contributed by atoms with Crippen LogP contribution in [0.4, 0.5) is 5.69 Å². The number of rotatable bonds is 4. The minimum absolute atomic E-state index is 0.153. The van der Waals surface area contributed by atoms with E-state index in [2.05, 4.69) is 0 Å². The van der Waals surface area contributed by atoms with Crippen molar-refractivity contribution < 1.29 is 34.8 Å². The molecule has 0 bridgehead atoms. The third-order valence-corrected chi connectivity index (χ3v) is 3.40. The standard InChI is InChI=1S/C13H17NO8/c1-6-2-3-8(7(4-6)14(19)20)21-13-12(18)11(17)10(16)9(5-15)22-13/h2-4,9-13,15-18H,5H2,1H3/t9?,10-,11+,12?,13-/m1/s1. The van der Waals surface area contributed by atoms with E-state index in [9.17, 15) is 25.4 Å². The van der Waals surface area contributed by atoms with E-state index in [4.69, 9.17) is 14.6 Å². The van der Waals surface area contributed by atoms with Crippen LogP contribution in [0.5, 0.6) is 5.75 Å². The fraction of sp³-hybridized carbons (Fsp3) is 0.538. The Kier molecular flexibility index (Phi) is 4.94. The number of nitrogens with zero attached hydrogens (tertiary/aromatic N) is 1. The van der Waals surface area contributed by atoms with E-state index in [1.54, 1.807) is 13.0 Å². The van der Waals surface area contributed by atoms with Crippen LogP contribution < -0.4 is 4.74 Å². The van der Waals surface area contributed by atoms with Gasteiger partial charge in [0.1, 0.15) is 24.4 Å². The molecule has 1 aliphatic heterocycles. The van der Waals surface area contributed by atoms with Gasteiger partial charge in [-0.15, -0.1) is 0 Å². The number of aliphatic hydroxyl groups excluding tert-OH is 4. The number of ether oxygens (including phenoxy) is 2. The first-order valence-corrected chi connectivity index (χ1v) is 6.57. The van der Waals surface area contributed by atoms with Gasteiger partial charge in [0.15, 0.2) is 5.75 Å². The predicted molar refractivity (Wildman–Crippen MR) is 72.2 cm³/mol. The lowest BCUT2D eigenvalue weighted by molar-refractivity contribution is -0.387. The Morgan fingerprint density at radius 2 is 1.95 bits per heavy atom. The zero-order valence-electron chi connectivity index (χ0n) is 11.7. The molecule has 122 valence electrons. The Hall–Kier alpha value is -1.78. The lowest BCUT2D eigenvalue weighted by Crippen LogP contribution is -2.60. The van der Waals surface area contributed by atoms with Crippen molar-refractivity contribution in [2.75, 3.05) is 6.61 Å². The third-order valence-electron chi connectivity index (χ3n) is 3.40. The molecule has 0 radical (unpaired) electrons. The number of nitro groups is 1. The van der Waals surface area contributed by atoms with Gasteiger partial charge in [0.2, 0.25) is 6.29 Å². The molecule has 2 unspecified atom stereocenters. The fourth-order valence-electron chi connectivity index (χ4n) is 2.16. The highest BCUT2D eigenvalue weighted by molar-refractivity contribution is 5.48. The summed E-state index contributed by atoms with van der Waals surface area (Å²) in [5.74, 6) is -0.153. The summed E-state index contributed by atoms with van der Waals surface area (Å²) < 4.78 is 10.4. The van der Waals surface area contributed by atoms with Crippen LogP contribution in [0, 0.1) is 17.0 Å². The second kappa shape index (κ2) is 6.55. The van der Waals surface area contributed by atoms with Crippen LogP contribution in [-0.2, 0) is 4.74 Å². The van der Waals surface area contributed by atoms with Crippen molar-refractivity contribution in [2.24, 2.45) is 0 Å². The second-order valence-electron chi connectivity index (χ2n) is 5.04. The number of benzene rings is 1. The summed E-state index contributed by atoms with van der Waals surface area (Å²) in [5.41, 5.74) is 0.324. The van der Waals surface area contributed by atoms with Gasteiger partial charge in [-0.25, -0.2) is 0 Å². The quantitative estimate of drug-likeness (QED) is 0.413. The second-order valence-corrected chi connectivity index (χ2v) is 5.04. The van der Waals surface area contributed by atoms with E-state index in [0.717, 1.165) is 0 Å². The molecule has 4 N–H and O–H groups in total. The topological polar surface area (TPSA) is 143 Å². The number of aliphatic hydroxyl groups is 4. The number of hydrogen-bond acceptors (Lipinski definition) is 8. The molecule has 9 heteroatoms. The van der Waals surface area contributed by atoms with Gasteiger partial charge in [0.05, 0.1) is 11.5 Å². The van der Waals surface area contributed by atoms with E-state index in [1.807, 2.05) is 0 Å². The van der Waals surface area contributed by atoms with Crippen molar-refractivity contribution in [1.82, 2.24) is 0 Å². The molecular formula is C13H17NO8. The molecule has 1 heterocycles. The Labute approximate surface area is 125 Å². The van der Waals surface area contributed by atoms with Crippen molar-refractivity contribution >= 4 is 5.69 Å². The number of hydrogen-bond donors (Lipinski definition) is 4. The van der Waals surface area contributed by atoms with Crippen LogP contribution in [0.2, 0.25) is 0 Å². The SMILES string of the molecule is Cc1ccc(O[C@@H]2OC(CO)[C@@H](O)[C@H](O)C2O)c([N+](=O)[O-])c1. The third kappa shape index (κ3) is 3.18. The molecule has 0 aliphatic carbocycles. The highest BCUT2D eigenvalue weighted by Crippen LogP contribution is 2.31. The zero-order valence-corrected chi connectivity index (χ0v) is 11.7. The van der Waals surface area contributed by atoms with Crippen LogP contribution in [0.3, 0.4) is 0 Å². The monoisotopic (exact) mass is 315 g/mol.